The van der Waals surface area contributed by atoms with Crippen molar-refractivity contribution in [3.8, 4) is 0 Å². The van der Waals surface area contributed by atoms with E-state index in [1.165, 1.54) is 6.07 Å². The third kappa shape index (κ3) is 5.99. The van der Waals surface area contributed by atoms with Crippen LogP contribution in [0.5, 0.6) is 0 Å². The molecule has 0 aliphatic heterocycles. The molecule has 0 saturated carbocycles. The lowest BCUT2D eigenvalue weighted by Gasteiger charge is -2.27. The normalized spacial score (nSPS) is 10.9. The number of methoxy groups -OCH3 is 1. The smallest absolute Gasteiger partial charge is 0.146 e. The highest BCUT2D eigenvalue weighted by Crippen LogP contribution is 2.25. The minimum atomic E-state index is -0.231. The number of aliphatic hydroxyl groups is 1. The van der Waals surface area contributed by atoms with Crippen LogP contribution < -0.4 is 10.2 Å². The molecule has 0 fully saturated rings. The number of halogens is 1. The lowest BCUT2D eigenvalue weighted by molar-refractivity contribution is 0.199. The highest BCUT2D eigenvalue weighted by Gasteiger charge is 2.15. The van der Waals surface area contributed by atoms with Gasteiger partial charge in [0.05, 0.1) is 18.9 Å². The third-order valence-electron chi connectivity index (χ3n) is 3.34. The number of para-hydroxylation sites is 1. The molecule has 0 radical (unpaired) electrons. The fraction of sp³-hybridized carbons (Fsp3) is 0.625. The van der Waals surface area contributed by atoms with Gasteiger partial charge < -0.3 is 20.1 Å². The van der Waals surface area contributed by atoms with Crippen LogP contribution >= 0.6 is 0 Å². The molecule has 120 valence electrons. The maximum absolute atomic E-state index is 14.3. The summed E-state index contributed by atoms with van der Waals surface area (Å²) in [5, 5.41) is 12.5. The number of benzene rings is 1. The van der Waals surface area contributed by atoms with Gasteiger partial charge in [0.1, 0.15) is 5.82 Å². The summed E-state index contributed by atoms with van der Waals surface area (Å²) in [4.78, 5) is 1.94. The van der Waals surface area contributed by atoms with E-state index in [9.17, 15) is 9.50 Å². The molecule has 0 saturated heterocycles. The maximum atomic E-state index is 14.3. The standard InChI is InChI=1S/C16H27FN2O2/c1-3-4-9-19(10-11-20)16-14(6-5-7-15(16)17)13-18-8-12-21-2/h5-7,18,20H,3-4,8-13H2,1-2H3. The van der Waals surface area contributed by atoms with Crippen LogP contribution in [-0.2, 0) is 11.3 Å². The first kappa shape index (κ1) is 17.9. The number of unbranched alkanes of at least 4 members (excludes halogenated alkanes) is 1. The molecule has 0 amide bonds. The summed E-state index contributed by atoms with van der Waals surface area (Å²) in [5.41, 5.74) is 1.51. The molecule has 1 aromatic carbocycles. The van der Waals surface area contributed by atoms with Gasteiger partial charge in [-0.25, -0.2) is 4.39 Å². The molecule has 5 heteroatoms. The largest absolute Gasteiger partial charge is 0.395 e. The van der Waals surface area contributed by atoms with Crippen molar-refractivity contribution in [2.24, 2.45) is 0 Å². The summed E-state index contributed by atoms with van der Waals surface area (Å²) >= 11 is 0. The lowest BCUT2D eigenvalue weighted by Crippen LogP contribution is -2.30. The highest BCUT2D eigenvalue weighted by atomic mass is 19.1. The summed E-state index contributed by atoms with van der Waals surface area (Å²) < 4.78 is 19.2. The molecule has 1 rings (SSSR count). The molecule has 2 N–H and O–H groups in total. The summed E-state index contributed by atoms with van der Waals surface area (Å²) in [6, 6.07) is 5.13. The number of nitrogens with zero attached hydrogens (tertiary/aromatic N) is 1. The second kappa shape index (κ2) is 10.5. The number of rotatable bonds is 11. The number of aliphatic hydroxyl groups excluding tert-OH is 1. The zero-order chi connectivity index (χ0) is 15.5. The highest BCUT2D eigenvalue weighted by molar-refractivity contribution is 5.55. The molecule has 1 aromatic rings. The number of nitrogens with one attached hydrogen (secondary N) is 1. The number of ether oxygens (including phenoxy) is 1. The fourth-order valence-electron chi connectivity index (χ4n) is 2.26. The molecule has 0 bridgehead atoms. The zero-order valence-corrected chi connectivity index (χ0v) is 13.1. The zero-order valence-electron chi connectivity index (χ0n) is 13.1. The van der Waals surface area contributed by atoms with Gasteiger partial charge in [-0.15, -0.1) is 0 Å². The SMILES string of the molecule is CCCCN(CCO)c1c(F)cccc1CNCCOC. The number of hydrogen-bond acceptors (Lipinski definition) is 4. The van der Waals surface area contributed by atoms with Crippen LogP contribution in [0.2, 0.25) is 0 Å². The van der Waals surface area contributed by atoms with E-state index in [2.05, 4.69) is 12.2 Å². The van der Waals surface area contributed by atoms with Gasteiger partial charge in [0.2, 0.25) is 0 Å². The van der Waals surface area contributed by atoms with E-state index >= 15 is 0 Å². The summed E-state index contributed by atoms with van der Waals surface area (Å²) in [5.74, 6) is -0.231. The van der Waals surface area contributed by atoms with E-state index in [1.54, 1.807) is 13.2 Å². The van der Waals surface area contributed by atoms with Crippen molar-refractivity contribution < 1.29 is 14.2 Å². The van der Waals surface area contributed by atoms with Gasteiger partial charge >= 0.3 is 0 Å². The van der Waals surface area contributed by atoms with Crippen molar-refractivity contribution in [3.63, 3.8) is 0 Å². The molecule has 0 aliphatic carbocycles. The maximum Gasteiger partial charge on any atom is 0.146 e. The topological polar surface area (TPSA) is 44.7 Å². The van der Waals surface area contributed by atoms with Crippen molar-refractivity contribution in [2.45, 2.75) is 26.3 Å². The van der Waals surface area contributed by atoms with E-state index in [-0.39, 0.29) is 12.4 Å². The Morgan fingerprint density at radius 3 is 2.81 bits per heavy atom. The molecule has 0 unspecified atom stereocenters. The van der Waals surface area contributed by atoms with Crippen molar-refractivity contribution in [1.29, 1.82) is 0 Å². The summed E-state index contributed by atoms with van der Waals surface area (Å²) in [7, 11) is 1.66. The van der Waals surface area contributed by atoms with Gasteiger partial charge in [0.25, 0.3) is 0 Å². The van der Waals surface area contributed by atoms with E-state index < -0.39 is 0 Å². The molecular formula is C16H27FN2O2. The predicted molar refractivity (Wildman–Crippen MR) is 84.2 cm³/mol. The van der Waals surface area contributed by atoms with Crippen LogP contribution in [0, 0.1) is 5.82 Å². The van der Waals surface area contributed by atoms with E-state index in [1.807, 2.05) is 11.0 Å². The Balaban J connectivity index is 2.84. The number of anilines is 1. The van der Waals surface area contributed by atoms with Gasteiger partial charge in [-0.05, 0) is 18.1 Å². The summed E-state index contributed by atoms with van der Waals surface area (Å²) in [6.07, 6.45) is 2.02. The second-order valence-electron chi connectivity index (χ2n) is 4.98. The molecule has 21 heavy (non-hydrogen) atoms. The Labute approximate surface area is 126 Å². The van der Waals surface area contributed by atoms with Crippen LogP contribution in [0.15, 0.2) is 18.2 Å². The third-order valence-corrected chi connectivity index (χ3v) is 3.34. The van der Waals surface area contributed by atoms with Crippen molar-refractivity contribution >= 4 is 5.69 Å². The fourth-order valence-corrected chi connectivity index (χ4v) is 2.26. The Hall–Kier alpha value is -1.17. The first-order valence-electron chi connectivity index (χ1n) is 7.57. The average Bonchev–Trinajstić information content (AvgIpc) is 2.48. The first-order valence-corrected chi connectivity index (χ1v) is 7.57. The van der Waals surface area contributed by atoms with Crippen molar-refractivity contribution in [3.05, 3.63) is 29.6 Å². The quantitative estimate of drug-likeness (QED) is 0.615. The van der Waals surface area contributed by atoms with Crippen LogP contribution in [-0.4, -0.2) is 45.1 Å². The Morgan fingerprint density at radius 1 is 1.33 bits per heavy atom. The molecular weight excluding hydrogens is 271 g/mol. The Kier molecular flexibility index (Phi) is 8.98. The monoisotopic (exact) mass is 298 g/mol. The van der Waals surface area contributed by atoms with Crippen LogP contribution in [0.1, 0.15) is 25.3 Å². The van der Waals surface area contributed by atoms with Gasteiger partial charge in [-0.2, -0.15) is 0 Å². The minimum Gasteiger partial charge on any atom is -0.395 e. The van der Waals surface area contributed by atoms with Gasteiger partial charge in [0, 0.05) is 33.3 Å². The Bertz CT molecular complexity index is 402. The first-order chi connectivity index (χ1) is 10.2. The molecule has 0 atom stereocenters. The molecule has 0 heterocycles. The molecule has 0 aliphatic rings. The van der Waals surface area contributed by atoms with Gasteiger partial charge in [-0.1, -0.05) is 25.5 Å². The van der Waals surface area contributed by atoms with Crippen molar-refractivity contribution in [1.82, 2.24) is 5.32 Å². The summed E-state index contributed by atoms with van der Waals surface area (Å²) in [6.45, 7) is 5.27. The van der Waals surface area contributed by atoms with Crippen LogP contribution in [0.4, 0.5) is 10.1 Å². The van der Waals surface area contributed by atoms with Crippen LogP contribution in [0.3, 0.4) is 0 Å². The van der Waals surface area contributed by atoms with Crippen molar-refractivity contribution in [2.75, 3.05) is 44.9 Å². The van der Waals surface area contributed by atoms with E-state index in [0.29, 0.717) is 25.4 Å². The Morgan fingerprint density at radius 2 is 2.14 bits per heavy atom. The van der Waals surface area contributed by atoms with Gasteiger partial charge in [-0.3, -0.25) is 0 Å². The van der Waals surface area contributed by atoms with Crippen LogP contribution in [0.25, 0.3) is 0 Å². The predicted octanol–water partition coefficient (Wildman–Crippen LogP) is 2.16. The minimum absolute atomic E-state index is 0.0224. The molecule has 4 nitrogen and oxygen atoms in total. The molecule has 0 spiro atoms. The lowest BCUT2D eigenvalue weighted by atomic mass is 10.1. The second-order valence-corrected chi connectivity index (χ2v) is 4.98. The van der Waals surface area contributed by atoms with E-state index in [0.717, 1.165) is 31.5 Å². The van der Waals surface area contributed by atoms with E-state index in [4.69, 9.17) is 4.74 Å². The van der Waals surface area contributed by atoms with Gasteiger partial charge in [0.15, 0.2) is 0 Å². The average molecular weight is 298 g/mol. The number of hydrogen-bond donors (Lipinski definition) is 2. The molecule has 0 aromatic heterocycles.